The van der Waals surface area contributed by atoms with E-state index < -0.39 is 0 Å². The predicted octanol–water partition coefficient (Wildman–Crippen LogP) is 6.42. The topological polar surface area (TPSA) is 40.6 Å². The Labute approximate surface area is 176 Å². The van der Waals surface area contributed by atoms with Crippen LogP contribution in [0.25, 0.3) is 53.3 Å². The molecular formula is C22H23N5S2. The fraction of sp³-hybridized carbons (Fsp3) is 0.364. The summed E-state index contributed by atoms with van der Waals surface area (Å²) in [4.78, 5) is 1.94. The summed E-state index contributed by atoms with van der Waals surface area (Å²) >= 11 is 3.61. The summed E-state index contributed by atoms with van der Waals surface area (Å²) in [5, 5.41) is 16.9. The minimum atomic E-state index is 0.887. The molecule has 0 saturated carbocycles. The molecule has 0 aliphatic carbocycles. The lowest BCUT2D eigenvalue weighted by molar-refractivity contribution is 0.495. The van der Waals surface area contributed by atoms with E-state index in [1.54, 1.807) is 22.7 Å². The smallest absolute Gasteiger partial charge is 0.124 e. The molecule has 0 aliphatic heterocycles. The first-order valence-corrected chi connectivity index (χ1v) is 12.0. The normalized spacial score (nSPS) is 12.7. The first-order chi connectivity index (χ1) is 14.2. The van der Waals surface area contributed by atoms with Crippen LogP contribution in [-0.4, -0.2) is 24.1 Å². The zero-order chi connectivity index (χ0) is 19.7. The molecule has 0 aliphatic rings. The summed E-state index contributed by atoms with van der Waals surface area (Å²) in [6.45, 7) is 3.13. The van der Waals surface area contributed by atoms with E-state index >= 15 is 0 Å². The molecule has 0 radical (unpaired) electrons. The fourth-order valence-electron chi connectivity index (χ4n) is 4.76. The summed E-state index contributed by atoms with van der Waals surface area (Å²) < 4.78 is 7.31. The molecule has 0 saturated heterocycles. The molecule has 6 rings (SSSR count). The van der Waals surface area contributed by atoms with Crippen LogP contribution in [0.5, 0.6) is 0 Å². The third-order valence-corrected chi connectivity index (χ3v) is 8.02. The van der Waals surface area contributed by atoms with Crippen LogP contribution in [0.15, 0.2) is 22.9 Å². The van der Waals surface area contributed by atoms with Gasteiger partial charge in [-0.15, -0.1) is 22.7 Å². The molecular weight excluding hydrogens is 398 g/mol. The molecule has 148 valence electrons. The molecule has 29 heavy (non-hydrogen) atoms. The van der Waals surface area contributed by atoms with Crippen LogP contribution in [0, 0.1) is 0 Å². The zero-order valence-electron chi connectivity index (χ0n) is 16.9. The number of fused-ring (bicyclic) bond motifs is 10. The zero-order valence-corrected chi connectivity index (χ0v) is 18.5. The van der Waals surface area contributed by atoms with Crippen LogP contribution >= 0.6 is 22.7 Å². The number of benzene rings is 1. The Morgan fingerprint density at radius 2 is 1.34 bits per heavy atom. The van der Waals surface area contributed by atoms with Gasteiger partial charge in [0.25, 0.3) is 0 Å². The number of rotatable bonds is 5. The monoisotopic (exact) mass is 421 g/mol. The van der Waals surface area contributed by atoms with Gasteiger partial charge in [-0.2, -0.15) is 15.0 Å². The van der Waals surface area contributed by atoms with Crippen molar-refractivity contribution in [3.63, 3.8) is 0 Å². The van der Waals surface area contributed by atoms with E-state index in [0.29, 0.717) is 0 Å². The second kappa shape index (κ2) is 6.31. The Morgan fingerprint density at radius 3 is 1.86 bits per heavy atom. The van der Waals surface area contributed by atoms with Gasteiger partial charge in [0.1, 0.15) is 11.0 Å². The Balaban J connectivity index is 1.75. The molecule has 5 nitrogen and oxygen atoms in total. The van der Waals surface area contributed by atoms with Crippen molar-refractivity contribution in [2.24, 2.45) is 14.1 Å². The van der Waals surface area contributed by atoms with Crippen LogP contribution in [0.1, 0.15) is 32.6 Å². The van der Waals surface area contributed by atoms with E-state index in [0.717, 1.165) is 24.0 Å². The first-order valence-electron chi connectivity index (χ1n) is 10.3. The van der Waals surface area contributed by atoms with Gasteiger partial charge in [-0.3, -0.25) is 0 Å². The molecule has 1 aromatic carbocycles. The fourth-order valence-corrected chi connectivity index (χ4v) is 6.70. The van der Waals surface area contributed by atoms with Crippen molar-refractivity contribution in [1.29, 1.82) is 0 Å². The van der Waals surface area contributed by atoms with E-state index in [4.69, 9.17) is 10.2 Å². The SMILES string of the molecule is CCCCCCn1nc2c(n1)c1c3sccc3n(C)c1c1c2c2sccc2n1C. The van der Waals surface area contributed by atoms with Crippen LogP contribution in [0.2, 0.25) is 0 Å². The first kappa shape index (κ1) is 17.5. The van der Waals surface area contributed by atoms with Crippen molar-refractivity contribution in [3.8, 4) is 0 Å². The number of aromatic nitrogens is 5. The standard InChI is InChI=1S/C22H23N5S2/c1-4-5-6-7-10-27-23-17-15-19(25(2)13-8-11-28-21(13)15)20-16(18(17)24-27)22-14(26(20)3)9-12-29-22/h8-9,11-12H,4-7,10H2,1-3H3. The number of hydrogen-bond acceptors (Lipinski definition) is 4. The number of unbranched alkanes of at least 4 members (excludes halogenated alkanes) is 3. The Kier molecular flexibility index (Phi) is 3.80. The lowest BCUT2D eigenvalue weighted by Crippen LogP contribution is -2.01. The molecule has 7 heteroatoms. The minimum absolute atomic E-state index is 0.887. The number of nitrogens with zero attached hydrogens (tertiary/aromatic N) is 5. The Hall–Kier alpha value is -2.38. The summed E-state index contributed by atoms with van der Waals surface area (Å²) in [6, 6.07) is 4.44. The van der Waals surface area contributed by atoms with E-state index in [-0.39, 0.29) is 0 Å². The van der Waals surface area contributed by atoms with Gasteiger partial charge >= 0.3 is 0 Å². The minimum Gasteiger partial charge on any atom is -0.341 e. The molecule has 5 heterocycles. The van der Waals surface area contributed by atoms with Gasteiger partial charge in [0.15, 0.2) is 0 Å². The highest BCUT2D eigenvalue weighted by Crippen LogP contribution is 2.45. The highest BCUT2D eigenvalue weighted by atomic mass is 32.1. The Morgan fingerprint density at radius 1 is 0.793 bits per heavy atom. The lowest BCUT2D eigenvalue weighted by atomic mass is 10.1. The summed E-state index contributed by atoms with van der Waals surface area (Å²) in [7, 11) is 4.36. The maximum Gasteiger partial charge on any atom is 0.124 e. The van der Waals surface area contributed by atoms with Crippen LogP contribution in [0.3, 0.4) is 0 Å². The maximum absolute atomic E-state index is 5.03. The van der Waals surface area contributed by atoms with E-state index in [1.165, 1.54) is 61.5 Å². The van der Waals surface area contributed by atoms with E-state index in [2.05, 4.69) is 53.0 Å². The van der Waals surface area contributed by atoms with Gasteiger partial charge in [-0.25, -0.2) is 0 Å². The van der Waals surface area contributed by atoms with Crippen molar-refractivity contribution in [3.05, 3.63) is 22.9 Å². The number of aryl methyl sites for hydroxylation is 3. The van der Waals surface area contributed by atoms with Crippen molar-refractivity contribution in [2.45, 2.75) is 39.2 Å². The summed E-state index contributed by atoms with van der Waals surface area (Å²) in [6.07, 6.45) is 4.89. The van der Waals surface area contributed by atoms with Crippen molar-refractivity contribution in [1.82, 2.24) is 24.1 Å². The predicted molar refractivity (Wildman–Crippen MR) is 125 cm³/mol. The number of thiophene rings is 2. The van der Waals surface area contributed by atoms with Gasteiger partial charge in [-0.1, -0.05) is 26.2 Å². The molecule has 0 fully saturated rings. The maximum atomic E-state index is 5.03. The summed E-state index contributed by atoms with van der Waals surface area (Å²) in [5.74, 6) is 0. The Bertz CT molecular complexity index is 1410. The average molecular weight is 422 g/mol. The quantitative estimate of drug-likeness (QED) is 0.301. The molecule has 0 unspecified atom stereocenters. The largest absolute Gasteiger partial charge is 0.341 e. The van der Waals surface area contributed by atoms with Crippen LogP contribution < -0.4 is 0 Å². The van der Waals surface area contributed by atoms with Gasteiger partial charge < -0.3 is 9.13 Å². The van der Waals surface area contributed by atoms with Gasteiger partial charge in [0.2, 0.25) is 0 Å². The second-order valence-electron chi connectivity index (χ2n) is 7.89. The average Bonchev–Trinajstić information content (AvgIpc) is 3.49. The molecule has 5 aromatic heterocycles. The van der Waals surface area contributed by atoms with Crippen molar-refractivity contribution in [2.75, 3.05) is 0 Å². The lowest BCUT2D eigenvalue weighted by Gasteiger charge is -2.04. The van der Waals surface area contributed by atoms with Gasteiger partial charge in [0.05, 0.1) is 38.0 Å². The van der Waals surface area contributed by atoms with Gasteiger partial charge in [-0.05, 0) is 29.3 Å². The molecule has 0 N–H and O–H groups in total. The van der Waals surface area contributed by atoms with Crippen molar-refractivity contribution >= 4 is 75.9 Å². The van der Waals surface area contributed by atoms with Crippen LogP contribution in [-0.2, 0) is 20.6 Å². The van der Waals surface area contributed by atoms with E-state index in [1.807, 2.05) is 4.80 Å². The molecule has 0 bridgehead atoms. The molecule has 0 atom stereocenters. The molecule has 0 amide bonds. The van der Waals surface area contributed by atoms with Crippen molar-refractivity contribution < 1.29 is 0 Å². The highest BCUT2D eigenvalue weighted by molar-refractivity contribution is 7.19. The third kappa shape index (κ3) is 2.25. The third-order valence-electron chi connectivity index (χ3n) is 6.17. The van der Waals surface area contributed by atoms with Gasteiger partial charge in [0, 0.05) is 24.9 Å². The van der Waals surface area contributed by atoms with Crippen LogP contribution in [0.4, 0.5) is 0 Å². The van der Waals surface area contributed by atoms with E-state index in [9.17, 15) is 0 Å². The molecule has 0 spiro atoms. The highest BCUT2D eigenvalue weighted by Gasteiger charge is 2.25. The second-order valence-corrected chi connectivity index (χ2v) is 9.72. The number of hydrogen-bond donors (Lipinski definition) is 0. The molecule has 6 aromatic rings. The summed E-state index contributed by atoms with van der Waals surface area (Å²) in [5.41, 5.74) is 7.21.